The lowest BCUT2D eigenvalue weighted by Crippen LogP contribution is -2.23. The Labute approximate surface area is 154 Å². The Bertz CT molecular complexity index is 234. The van der Waals surface area contributed by atoms with Crippen LogP contribution in [0.5, 0.6) is 0 Å². The van der Waals surface area contributed by atoms with E-state index >= 15 is 0 Å². The van der Waals surface area contributed by atoms with Crippen LogP contribution < -0.4 is 0 Å². The molecule has 146 valence electrons. The van der Waals surface area contributed by atoms with E-state index < -0.39 is 5.60 Å². The fourth-order valence-corrected chi connectivity index (χ4v) is 3.58. The van der Waals surface area contributed by atoms with Gasteiger partial charge in [-0.2, -0.15) is 0 Å². The second kappa shape index (κ2) is 17.8. The minimum Gasteiger partial charge on any atom is -0.390 e. The summed E-state index contributed by atoms with van der Waals surface area (Å²) in [5, 5.41) is 10.4. The zero-order valence-electron chi connectivity index (χ0n) is 17.4. The highest BCUT2D eigenvalue weighted by Crippen LogP contribution is 2.22. The average Bonchev–Trinajstić information content (AvgIpc) is 2.56. The van der Waals surface area contributed by atoms with E-state index in [0.29, 0.717) is 0 Å². The van der Waals surface area contributed by atoms with Gasteiger partial charge >= 0.3 is 0 Å². The Morgan fingerprint density at radius 1 is 0.458 bits per heavy atom. The highest BCUT2D eigenvalue weighted by atomic mass is 16.3. The van der Waals surface area contributed by atoms with Crippen LogP contribution in [-0.2, 0) is 0 Å². The molecular weight excluding hydrogens is 292 g/mol. The van der Waals surface area contributed by atoms with Gasteiger partial charge in [0.1, 0.15) is 0 Å². The Balaban J connectivity index is 3.23. The van der Waals surface area contributed by atoms with Gasteiger partial charge in [-0.15, -0.1) is 0 Å². The summed E-state index contributed by atoms with van der Waals surface area (Å²) in [6.45, 7) is 6.57. The van der Waals surface area contributed by atoms with Crippen LogP contribution in [0.4, 0.5) is 0 Å². The molecule has 0 radical (unpaired) electrons. The highest BCUT2D eigenvalue weighted by Gasteiger charge is 2.18. The van der Waals surface area contributed by atoms with Gasteiger partial charge in [-0.3, -0.25) is 0 Å². The summed E-state index contributed by atoms with van der Waals surface area (Å²) in [6, 6.07) is 0. The Kier molecular flexibility index (Phi) is 17.7. The molecule has 24 heavy (non-hydrogen) atoms. The van der Waals surface area contributed by atoms with E-state index in [2.05, 4.69) is 13.8 Å². The molecule has 0 saturated carbocycles. The topological polar surface area (TPSA) is 20.2 Å². The molecule has 0 heterocycles. The molecule has 1 atom stereocenters. The van der Waals surface area contributed by atoms with Crippen molar-refractivity contribution in [2.24, 2.45) is 0 Å². The standard InChI is InChI=1S/C23H48O/c1-4-6-8-10-11-12-13-14-15-16-17-18-20-22-23(3,24)21-19-9-7-5-2/h24H,4-22H2,1-3H3. The first-order chi connectivity index (χ1) is 11.6. The molecule has 0 saturated heterocycles. The molecule has 0 aromatic heterocycles. The summed E-state index contributed by atoms with van der Waals surface area (Å²) in [4.78, 5) is 0. The van der Waals surface area contributed by atoms with Crippen molar-refractivity contribution in [1.82, 2.24) is 0 Å². The maximum atomic E-state index is 10.4. The third-order valence-electron chi connectivity index (χ3n) is 5.39. The van der Waals surface area contributed by atoms with Crippen molar-refractivity contribution in [3.63, 3.8) is 0 Å². The van der Waals surface area contributed by atoms with Crippen LogP contribution in [0.3, 0.4) is 0 Å². The molecule has 0 aromatic carbocycles. The molecule has 0 fully saturated rings. The Morgan fingerprint density at radius 3 is 1.04 bits per heavy atom. The van der Waals surface area contributed by atoms with Crippen molar-refractivity contribution in [3.05, 3.63) is 0 Å². The molecule has 0 aliphatic rings. The van der Waals surface area contributed by atoms with E-state index in [4.69, 9.17) is 0 Å². The third kappa shape index (κ3) is 18.3. The van der Waals surface area contributed by atoms with Crippen LogP contribution in [0.15, 0.2) is 0 Å². The Morgan fingerprint density at radius 2 is 0.708 bits per heavy atom. The molecule has 0 rings (SSSR count). The van der Waals surface area contributed by atoms with Gasteiger partial charge in [0.25, 0.3) is 0 Å². The van der Waals surface area contributed by atoms with Crippen LogP contribution in [0.25, 0.3) is 0 Å². The van der Waals surface area contributed by atoms with Crippen molar-refractivity contribution in [2.45, 2.75) is 148 Å². The van der Waals surface area contributed by atoms with Gasteiger partial charge in [0, 0.05) is 0 Å². The molecular formula is C23H48O. The zero-order valence-corrected chi connectivity index (χ0v) is 17.4. The lowest BCUT2D eigenvalue weighted by Gasteiger charge is -2.23. The minimum atomic E-state index is -0.411. The molecule has 1 nitrogen and oxygen atoms in total. The first kappa shape index (κ1) is 24.0. The van der Waals surface area contributed by atoms with E-state index in [1.807, 2.05) is 6.92 Å². The van der Waals surface area contributed by atoms with Crippen LogP contribution >= 0.6 is 0 Å². The van der Waals surface area contributed by atoms with Crippen LogP contribution in [0, 0.1) is 0 Å². The van der Waals surface area contributed by atoms with E-state index in [1.165, 1.54) is 109 Å². The lowest BCUT2D eigenvalue weighted by molar-refractivity contribution is 0.0366. The summed E-state index contributed by atoms with van der Waals surface area (Å²) in [6.07, 6.45) is 25.2. The summed E-state index contributed by atoms with van der Waals surface area (Å²) >= 11 is 0. The maximum Gasteiger partial charge on any atom is 0.0619 e. The van der Waals surface area contributed by atoms with Crippen LogP contribution in [0.1, 0.15) is 143 Å². The smallest absolute Gasteiger partial charge is 0.0619 e. The first-order valence-corrected chi connectivity index (χ1v) is 11.3. The van der Waals surface area contributed by atoms with Gasteiger partial charge < -0.3 is 5.11 Å². The van der Waals surface area contributed by atoms with Gasteiger partial charge in [0.05, 0.1) is 5.60 Å². The number of hydrogen-bond acceptors (Lipinski definition) is 1. The molecule has 1 heteroatoms. The van der Waals surface area contributed by atoms with E-state index in [9.17, 15) is 5.11 Å². The quantitative estimate of drug-likeness (QED) is 0.235. The Hall–Kier alpha value is -0.0400. The minimum absolute atomic E-state index is 0.411. The average molecular weight is 341 g/mol. The van der Waals surface area contributed by atoms with Gasteiger partial charge in [0.15, 0.2) is 0 Å². The third-order valence-corrected chi connectivity index (χ3v) is 5.39. The van der Waals surface area contributed by atoms with Gasteiger partial charge in [0.2, 0.25) is 0 Å². The van der Waals surface area contributed by atoms with Gasteiger partial charge in [-0.25, -0.2) is 0 Å². The molecule has 0 aliphatic carbocycles. The molecule has 0 amide bonds. The van der Waals surface area contributed by atoms with Crippen LogP contribution in [0.2, 0.25) is 0 Å². The van der Waals surface area contributed by atoms with Crippen molar-refractivity contribution in [3.8, 4) is 0 Å². The highest BCUT2D eigenvalue weighted by molar-refractivity contribution is 4.72. The number of unbranched alkanes of at least 4 members (excludes halogenated alkanes) is 15. The zero-order chi connectivity index (χ0) is 17.9. The summed E-state index contributed by atoms with van der Waals surface area (Å²) in [7, 11) is 0. The summed E-state index contributed by atoms with van der Waals surface area (Å²) in [5.74, 6) is 0. The van der Waals surface area contributed by atoms with Crippen molar-refractivity contribution >= 4 is 0 Å². The molecule has 0 aliphatic heterocycles. The van der Waals surface area contributed by atoms with Gasteiger partial charge in [-0.05, 0) is 19.8 Å². The molecule has 1 unspecified atom stereocenters. The van der Waals surface area contributed by atoms with Crippen LogP contribution in [-0.4, -0.2) is 10.7 Å². The SMILES string of the molecule is CCCCCCCCCCCCCCCC(C)(O)CCCCCC. The van der Waals surface area contributed by atoms with E-state index in [-0.39, 0.29) is 0 Å². The van der Waals surface area contributed by atoms with Gasteiger partial charge in [-0.1, -0.05) is 123 Å². The van der Waals surface area contributed by atoms with E-state index in [0.717, 1.165) is 12.8 Å². The fraction of sp³-hybridized carbons (Fsp3) is 1.00. The molecule has 1 N–H and O–H groups in total. The molecule has 0 aromatic rings. The van der Waals surface area contributed by atoms with Crippen molar-refractivity contribution in [2.75, 3.05) is 0 Å². The number of hydrogen-bond donors (Lipinski definition) is 1. The largest absolute Gasteiger partial charge is 0.390 e. The normalized spacial score (nSPS) is 14.0. The number of aliphatic hydroxyl groups is 1. The molecule has 0 spiro atoms. The first-order valence-electron chi connectivity index (χ1n) is 11.3. The summed E-state index contributed by atoms with van der Waals surface area (Å²) in [5.41, 5.74) is -0.411. The molecule has 0 bridgehead atoms. The lowest BCUT2D eigenvalue weighted by atomic mass is 9.91. The number of rotatable bonds is 19. The second-order valence-corrected chi connectivity index (χ2v) is 8.30. The summed E-state index contributed by atoms with van der Waals surface area (Å²) < 4.78 is 0. The maximum absolute atomic E-state index is 10.4. The van der Waals surface area contributed by atoms with Crippen molar-refractivity contribution < 1.29 is 5.11 Å². The second-order valence-electron chi connectivity index (χ2n) is 8.30. The van der Waals surface area contributed by atoms with E-state index in [1.54, 1.807) is 0 Å². The van der Waals surface area contributed by atoms with Crippen molar-refractivity contribution in [1.29, 1.82) is 0 Å². The monoisotopic (exact) mass is 340 g/mol. The predicted molar refractivity (Wildman–Crippen MR) is 110 cm³/mol. The fourth-order valence-electron chi connectivity index (χ4n) is 3.58. The predicted octanol–water partition coefficient (Wildman–Crippen LogP) is 8.19.